The molecular formula is C14H11N7O. The van der Waals surface area contributed by atoms with E-state index in [0.29, 0.717) is 11.4 Å². The lowest BCUT2D eigenvalue weighted by Gasteiger charge is -2.10. The van der Waals surface area contributed by atoms with Crippen molar-refractivity contribution < 1.29 is 4.79 Å². The Labute approximate surface area is 125 Å². The van der Waals surface area contributed by atoms with E-state index in [1.54, 1.807) is 41.5 Å². The topological polar surface area (TPSA) is 101 Å². The number of amides is 1. The van der Waals surface area contributed by atoms with Crippen molar-refractivity contribution in [2.75, 3.05) is 5.32 Å². The largest absolute Gasteiger partial charge is 0.328 e. The fraction of sp³-hybridized carbons (Fsp3) is 0.0714. The van der Waals surface area contributed by atoms with E-state index in [1.807, 2.05) is 12.1 Å². The summed E-state index contributed by atoms with van der Waals surface area (Å²) in [5, 5.41) is 15.6. The summed E-state index contributed by atoms with van der Waals surface area (Å²) in [4.78, 5) is 19.8. The van der Waals surface area contributed by atoms with Gasteiger partial charge in [0.1, 0.15) is 18.9 Å². The third kappa shape index (κ3) is 2.83. The SMILES string of the molecule is N#Cc1ncn(-c2ccccc2NC(=O)Cn2ccnc2)n1. The van der Waals surface area contributed by atoms with Crippen molar-refractivity contribution in [2.45, 2.75) is 6.54 Å². The first-order valence-electron chi connectivity index (χ1n) is 6.43. The molecule has 8 heteroatoms. The van der Waals surface area contributed by atoms with Gasteiger partial charge in [0.2, 0.25) is 5.91 Å². The fourth-order valence-corrected chi connectivity index (χ4v) is 1.95. The highest BCUT2D eigenvalue weighted by atomic mass is 16.1. The van der Waals surface area contributed by atoms with Crippen LogP contribution >= 0.6 is 0 Å². The monoisotopic (exact) mass is 293 g/mol. The molecule has 0 aliphatic carbocycles. The van der Waals surface area contributed by atoms with Gasteiger partial charge in [0.25, 0.3) is 5.82 Å². The van der Waals surface area contributed by atoms with Crippen LogP contribution in [0, 0.1) is 11.3 Å². The van der Waals surface area contributed by atoms with E-state index < -0.39 is 0 Å². The predicted molar refractivity (Wildman–Crippen MR) is 76.9 cm³/mol. The van der Waals surface area contributed by atoms with E-state index in [4.69, 9.17) is 5.26 Å². The molecule has 0 spiro atoms. The molecule has 0 bridgehead atoms. The smallest absolute Gasteiger partial charge is 0.252 e. The number of carbonyl (C=O) groups is 1. The van der Waals surface area contributed by atoms with E-state index in [9.17, 15) is 4.79 Å². The molecule has 0 aliphatic rings. The van der Waals surface area contributed by atoms with Crippen LogP contribution in [0.4, 0.5) is 5.69 Å². The highest BCUT2D eigenvalue weighted by Crippen LogP contribution is 2.18. The van der Waals surface area contributed by atoms with E-state index >= 15 is 0 Å². The number of benzene rings is 1. The molecule has 2 aromatic heterocycles. The van der Waals surface area contributed by atoms with Gasteiger partial charge in [0.15, 0.2) is 0 Å². The van der Waals surface area contributed by atoms with Crippen LogP contribution in [0.2, 0.25) is 0 Å². The fourth-order valence-electron chi connectivity index (χ4n) is 1.95. The van der Waals surface area contributed by atoms with E-state index in [2.05, 4.69) is 20.4 Å². The molecule has 0 radical (unpaired) electrons. The van der Waals surface area contributed by atoms with Gasteiger partial charge in [-0.05, 0) is 12.1 Å². The maximum atomic E-state index is 12.1. The number of para-hydroxylation sites is 2. The molecule has 0 fully saturated rings. The maximum Gasteiger partial charge on any atom is 0.252 e. The zero-order valence-corrected chi connectivity index (χ0v) is 11.4. The Kier molecular flexibility index (Phi) is 3.61. The maximum absolute atomic E-state index is 12.1. The minimum absolute atomic E-state index is 0.0690. The van der Waals surface area contributed by atoms with Crippen LogP contribution in [0.5, 0.6) is 0 Å². The molecule has 2 heterocycles. The lowest BCUT2D eigenvalue weighted by atomic mass is 10.2. The first kappa shape index (κ1) is 13.5. The number of hydrogen-bond donors (Lipinski definition) is 1. The number of imidazole rings is 1. The molecule has 1 N–H and O–H groups in total. The van der Waals surface area contributed by atoms with E-state index in [0.717, 1.165) is 0 Å². The average Bonchev–Trinajstić information content (AvgIpc) is 3.19. The molecule has 1 aromatic carbocycles. The van der Waals surface area contributed by atoms with Crippen LogP contribution in [0.25, 0.3) is 5.69 Å². The number of carbonyl (C=O) groups excluding carboxylic acids is 1. The summed E-state index contributed by atoms with van der Waals surface area (Å²) in [7, 11) is 0. The van der Waals surface area contributed by atoms with Gasteiger partial charge in [-0.15, -0.1) is 5.10 Å². The van der Waals surface area contributed by atoms with Crippen molar-refractivity contribution in [3.05, 3.63) is 55.1 Å². The van der Waals surface area contributed by atoms with Crippen LogP contribution in [0.15, 0.2) is 49.3 Å². The van der Waals surface area contributed by atoms with Crippen LogP contribution in [0.3, 0.4) is 0 Å². The number of nitrogens with one attached hydrogen (secondary N) is 1. The average molecular weight is 293 g/mol. The Morgan fingerprint density at radius 1 is 1.32 bits per heavy atom. The summed E-state index contributed by atoms with van der Waals surface area (Å²) in [5.74, 6) is -0.120. The first-order chi connectivity index (χ1) is 10.8. The van der Waals surface area contributed by atoms with Gasteiger partial charge in [-0.2, -0.15) is 5.26 Å². The van der Waals surface area contributed by atoms with Crippen molar-refractivity contribution in [3.8, 4) is 11.8 Å². The summed E-state index contributed by atoms with van der Waals surface area (Å²) < 4.78 is 3.12. The second-order valence-electron chi connectivity index (χ2n) is 4.42. The van der Waals surface area contributed by atoms with Gasteiger partial charge in [-0.3, -0.25) is 4.79 Å². The quantitative estimate of drug-likeness (QED) is 0.772. The minimum atomic E-state index is -0.189. The molecule has 0 aliphatic heterocycles. The predicted octanol–water partition coefficient (Wildman–Crippen LogP) is 0.974. The molecule has 3 rings (SSSR count). The number of aromatic nitrogens is 5. The Balaban J connectivity index is 1.82. The number of hydrogen-bond acceptors (Lipinski definition) is 5. The summed E-state index contributed by atoms with van der Waals surface area (Å²) in [6, 6.07) is 9.02. The normalized spacial score (nSPS) is 10.1. The summed E-state index contributed by atoms with van der Waals surface area (Å²) in [6.07, 6.45) is 6.32. The Hall–Kier alpha value is -3.47. The van der Waals surface area contributed by atoms with Crippen LogP contribution in [-0.2, 0) is 11.3 Å². The Morgan fingerprint density at radius 3 is 2.91 bits per heavy atom. The number of nitriles is 1. The summed E-state index contributed by atoms with van der Waals surface area (Å²) in [5.41, 5.74) is 1.22. The van der Waals surface area contributed by atoms with Crippen molar-refractivity contribution in [1.29, 1.82) is 5.26 Å². The van der Waals surface area contributed by atoms with Crippen molar-refractivity contribution in [2.24, 2.45) is 0 Å². The van der Waals surface area contributed by atoms with Crippen molar-refractivity contribution in [3.63, 3.8) is 0 Å². The second-order valence-corrected chi connectivity index (χ2v) is 4.42. The standard InChI is InChI=1S/C14H11N7O/c15-7-13-17-10-21(19-13)12-4-2-1-3-11(12)18-14(22)8-20-6-5-16-9-20/h1-6,9-10H,8H2,(H,18,22). The molecule has 1 amide bonds. The molecular weight excluding hydrogens is 282 g/mol. The van der Waals surface area contributed by atoms with E-state index in [1.165, 1.54) is 11.0 Å². The molecule has 0 saturated heterocycles. The Bertz CT molecular complexity index is 829. The Morgan fingerprint density at radius 2 is 2.18 bits per heavy atom. The van der Waals surface area contributed by atoms with E-state index in [-0.39, 0.29) is 18.3 Å². The number of nitrogens with zero attached hydrogens (tertiary/aromatic N) is 6. The molecule has 0 unspecified atom stereocenters. The van der Waals surface area contributed by atoms with Gasteiger partial charge in [-0.1, -0.05) is 12.1 Å². The highest BCUT2D eigenvalue weighted by molar-refractivity contribution is 5.92. The summed E-state index contributed by atoms with van der Waals surface area (Å²) in [6.45, 7) is 0.162. The second kappa shape index (κ2) is 5.88. The summed E-state index contributed by atoms with van der Waals surface area (Å²) >= 11 is 0. The minimum Gasteiger partial charge on any atom is -0.328 e. The van der Waals surface area contributed by atoms with Crippen molar-refractivity contribution in [1.82, 2.24) is 24.3 Å². The molecule has 108 valence electrons. The lowest BCUT2D eigenvalue weighted by molar-refractivity contribution is -0.116. The van der Waals surface area contributed by atoms with Gasteiger partial charge in [0, 0.05) is 12.4 Å². The molecule has 8 nitrogen and oxygen atoms in total. The highest BCUT2D eigenvalue weighted by Gasteiger charge is 2.10. The van der Waals surface area contributed by atoms with Crippen LogP contribution in [0.1, 0.15) is 5.82 Å². The number of anilines is 1. The molecule has 0 atom stereocenters. The zero-order valence-electron chi connectivity index (χ0n) is 11.4. The molecule has 3 aromatic rings. The molecule has 22 heavy (non-hydrogen) atoms. The zero-order chi connectivity index (χ0) is 15.4. The first-order valence-corrected chi connectivity index (χ1v) is 6.43. The van der Waals surface area contributed by atoms with Crippen LogP contribution < -0.4 is 5.32 Å². The number of rotatable bonds is 4. The van der Waals surface area contributed by atoms with Gasteiger partial charge in [-0.25, -0.2) is 14.6 Å². The van der Waals surface area contributed by atoms with Gasteiger partial charge in [0.05, 0.1) is 17.7 Å². The third-order valence-corrected chi connectivity index (χ3v) is 2.90. The molecule has 0 saturated carbocycles. The van der Waals surface area contributed by atoms with Gasteiger partial charge >= 0.3 is 0 Å². The van der Waals surface area contributed by atoms with Crippen LogP contribution in [-0.4, -0.2) is 30.2 Å². The third-order valence-electron chi connectivity index (χ3n) is 2.90. The van der Waals surface area contributed by atoms with Gasteiger partial charge < -0.3 is 9.88 Å². The van der Waals surface area contributed by atoms with Crippen molar-refractivity contribution >= 4 is 11.6 Å². The lowest BCUT2D eigenvalue weighted by Crippen LogP contribution is -2.19.